The summed E-state index contributed by atoms with van der Waals surface area (Å²) in [6.45, 7) is 2.06. The molecule has 1 N–H and O–H groups in total. The van der Waals surface area contributed by atoms with Crippen LogP contribution in [-0.4, -0.2) is 10.4 Å². The van der Waals surface area contributed by atoms with E-state index in [0.717, 1.165) is 5.56 Å². The average Bonchev–Trinajstić information content (AvgIpc) is 2.27. The van der Waals surface area contributed by atoms with Gasteiger partial charge in [-0.05, 0) is 24.1 Å². The summed E-state index contributed by atoms with van der Waals surface area (Å²) in [6, 6.07) is 3.28. The summed E-state index contributed by atoms with van der Waals surface area (Å²) in [6.07, 6.45) is 0.144. The van der Waals surface area contributed by atoms with E-state index >= 15 is 0 Å². The van der Waals surface area contributed by atoms with Crippen LogP contribution in [0.2, 0.25) is 0 Å². The smallest absolute Gasteiger partial charge is 0.128 e. The minimum absolute atomic E-state index is 0.222. The third-order valence-corrected chi connectivity index (χ3v) is 4.30. The van der Waals surface area contributed by atoms with Crippen molar-refractivity contribution in [2.45, 2.75) is 30.5 Å². The summed E-state index contributed by atoms with van der Waals surface area (Å²) in [7, 11) is 0. The Morgan fingerprint density at radius 3 is 3.00 bits per heavy atom. The predicted octanol–water partition coefficient (Wildman–Crippen LogP) is 3.65. The number of fused-ring (bicyclic) bond motifs is 1. The molecule has 0 saturated carbocycles. The molecule has 0 amide bonds. The number of halogens is 2. The summed E-state index contributed by atoms with van der Waals surface area (Å²) in [5, 5.41) is 10.3. The normalized spacial score (nSPS) is 25.9. The third-order valence-electron chi connectivity index (χ3n) is 2.62. The van der Waals surface area contributed by atoms with Crippen molar-refractivity contribution >= 4 is 27.7 Å². The lowest BCUT2D eigenvalue weighted by atomic mass is 10.00. The van der Waals surface area contributed by atoms with Crippen LogP contribution in [0.1, 0.15) is 30.6 Å². The lowest BCUT2D eigenvalue weighted by Crippen LogP contribution is -2.04. The number of aliphatic hydroxyl groups excluding tert-OH is 1. The van der Waals surface area contributed by atoms with Gasteiger partial charge in [0.05, 0.1) is 6.10 Å². The maximum Gasteiger partial charge on any atom is 0.128 e. The summed E-state index contributed by atoms with van der Waals surface area (Å²) >= 11 is 4.94. The number of thioether (sulfide) groups is 1. The van der Waals surface area contributed by atoms with Gasteiger partial charge < -0.3 is 5.11 Å². The van der Waals surface area contributed by atoms with Crippen LogP contribution in [0.3, 0.4) is 0 Å². The second kappa shape index (κ2) is 4.44. The number of benzene rings is 1. The Bertz CT molecular complexity index is 383. The number of hydrogen-bond acceptors (Lipinski definition) is 2. The maximum atomic E-state index is 13.7. The molecule has 0 fully saturated rings. The highest BCUT2D eigenvalue weighted by molar-refractivity contribution is 9.10. The van der Waals surface area contributed by atoms with Gasteiger partial charge in [0, 0.05) is 21.0 Å². The molecule has 1 aliphatic rings. The molecule has 82 valence electrons. The van der Waals surface area contributed by atoms with Crippen LogP contribution in [0.5, 0.6) is 0 Å². The molecular weight excluding hydrogens is 279 g/mol. The number of rotatable bonds is 0. The molecule has 15 heavy (non-hydrogen) atoms. The molecule has 1 aromatic carbocycles. The molecular formula is C11H12BrFOS. The largest absolute Gasteiger partial charge is 0.388 e. The van der Waals surface area contributed by atoms with Crippen molar-refractivity contribution in [1.82, 2.24) is 0 Å². The van der Waals surface area contributed by atoms with Crippen molar-refractivity contribution in [1.29, 1.82) is 0 Å². The molecule has 0 radical (unpaired) electrons. The summed E-state index contributed by atoms with van der Waals surface area (Å²) in [5.74, 6) is 0.423. The Morgan fingerprint density at radius 2 is 2.27 bits per heavy atom. The molecule has 1 nitrogen and oxygen atoms in total. The van der Waals surface area contributed by atoms with Crippen molar-refractivity contribution in [2.24, 2.45) is 0 Å². The third kappa shape index (κ3) is 2.37. The van der Waals surface area contributed by atoms with Gasteiger partial charge in [-0.2, -0.15) is 11.8 Å². The van der Waals surface area contributed by atoms with Crippen LogP contribution >= 0.6 is 27.7 Å². The SMILES string of the molecule is CC1C[C@H](O)c2cc(Br)cc(F)c2CS1. The molecule has 4 heteroatoms. The van der Waals surface area contributed by atoms with Gasteiger partial charge in [0.15, 0.2) is 0 Å². The summed E-state index contributed by atoms with van der Waals surface area (Å²) < 4.78 is 14.4. The maximum absolute atomic E-state index is 13.7. The molecule has 0 spiro atoms. The van der Waals surface area contributed by atoms with Gasteiger partial charge in [-0.3, -0.25) is 0 Å². The van der Waals surface area contributed by atoms with Gasteiger partial charge in [-0.1, -0.05) is 22.9 Å². The van der Waals surface area contributed by atoms with Crippen LogP contribution in [-0.2, 0) is 5.75 Å². The van der Waals surface area contributed by atoms with E-state index in [9.17, 15) is 9.50 Å². The topological polar surface area (TPSA) is 20.2 Å². The van der Waals surface area contributed by atoms with Gasteiger partial charge in [-0.15, -0.1) is 0 Å². The first kappa shape index (κ1) is 11.4. The molecule has 1 aromatic rings. The molecule has 0 aromatic heterocycles. The highest BCUT2D eigenvalue weighted by Gasteiger charge is 2.23. The molecule has 2 atom stereocenters. The Kier molecular flexibility index (Phi) is 3.38. The van der Waals surface area contributed by atoms with Crippen LogP contribution in [0.15, 0.2) is 16.6 Å². The summed E-state index contributed by atoms with van der Waals surface area (Å²) in [4.78, 5) is 0. The van der Waals surface area contributed by atoms with E-state index in [1.807, 2.05) is 6.07 Å². The quantitative estimate of drug-likeness (QED) is 0.787. The molecule has 1 aliphatic heterocycles. The van der Waals surface area contributed by atoms with Crippen molar-refractivity contribution in [3.05, 3.63) is 33.5 Å². The lowest BCUT2D eigenvalue weighted by Gasteiger charge is -2.13. The van der Waals surface area contributed by atoms with E-state index in [0.29, 0.717) is 27.5 Å². The van der Waals surface area contributed by atoms with Gasteiger partial charge in [0.2, 0.25) is 0 Å². The van der Waals surface area contributed by atoms with Crippen LogP contribution in [0.4, 0.5) is 4.39 Å². The minimum atomic E-state index is -0.544. The zero-order valence-corrected chi connectivity index (χ0v) is 10.7. The van der Waals surface area contributed by atoms with Crippen molar-refractivity contribution in [3.8, 4) is 0 Å². The Morgan fingerprint density at radius 1 is 1.53 bits per heavy atom. The standard InChI is InChI=1S/C11H12BrFOS/c1-6-2-11(14)8-3-7(12)4-10(13)9(8)5-15-6/h3-4,6,11,14H,2,5H2,1H3/t6?,11-/m0/s1. The first-order valence-electron chi connectivity index (χ1n) is 4.85. The van der Waals surface area contributed by atoms with E-state index in [1.54, 1.807) is 11.8 Å². The van der Waals surface area contributed by atoms with Crippen molar-refractivity contribution in [2.75, 3.05) is 0 Å². The van der Waals surface area contributed by atoms with Crippen molar-refractivity contribution in [3.63, 3.8) is 0 Å². The Labute approximate surface area is 101 Å². The van der Waals surface area contributed by atoms with E-state index in [4.69, 9.17) is 0 Å². The van der Waals surface area contributed by atoms with Crippen LogP contribution < -0.4 is 0 Å². The fourth-order valence-corrected chi connectivity index (χ4v) is 3.33. The van der Waals surface area contributed by atoms with E-state index in [2.05, 4.69) is 22.9 Å². The zero-order chi connectivity index (χ0) is 11.0. The monoisotopic (exact) mass is 290 g/mol. The van der Waals surface area contributed by atoms with E-state index in [-0.39, 0.29) is 5.82 Å². The molecule has 1 heterocycles. The van der Waals surface area contributed by atoms with Gasteiger partial charge in [-0.25, -0.2) is 4.39 Å². The fraction of sp³-hybridized carbons (Fsp3) is 0.455. The highest BCUT2D eigenvalue weighted by atomic mass is 79.9. The molecule has 0 aliphatic carbocycles. The zero-order valence-electron chi connectivity index (χ0n) is 8.34. The number of aliphatic hydroxyl groups is 1. The van der Waals surface area contributed by atoms with Crippen molar-refractivity contribution < 1.29 is 9.50 Å². The lowest BCUT2D eigenvalue weighted by molar-refractivity contribution is 0.168. The first-order chi connectivity index (χ1) is 7.08. The first-order valence-corrected chi connectivity index (χ1v) is 6.69. The fourth-order valence-electron chi connectivity index (χ4n) is 1.81. The second-order valence-electron chi connectivity index (χ2n) is 3.83. The summed E-state index contributed by atoms with van der Waals surface area (Å²) in [5.41, 5.74) is 1.39. The minimum Gasteiger partial charge on any atom is -0.388 e. The van der Waals surface area contributed by atoms with Gasteiger partial charge >= 0.3 is 0 Å². The van der Waals surface area contributed by atoms with Gasteiger partial charge in [0.1, 0.15) is 5.82 Å². The second-order valence-corrected chi connectivity index (χ2v) is 6.17. The van der Waals surface area contributed by atoms with E-state index in [1.165, 1.54) is 6.07 Å². The highest BCUT2D eigenvalue weighted by Crippen LogP contribution is 2.37. The average molecular weight is 291 g/mol. The van der Waals surface area contributed by atoms with E-state index < -0.39 is 6.10 Å². The van der Waals surface area contributed by atoms with Crippen LogP contribution in [0, 0.1) is 5.82 Å². The van der Waals surface area contributed by atoms with Gasteiger partial charge in [0.25, 0.3) is 0 Å². The molecule has 0 saturated heterocycles. The molecule has 2 rings (SSSR count). The Balaban J connectivity index is 2.48. The molecule has 1 unspecified atom stereocenters. The van der Waals surface area contributed by atoms with Crippen LogP contribution in [0.25, 0.3) is 0 Å². The predicted molar refractivity (Wildman–Crippen MR) is 64.4 cm³/mol. The Hall–Kier alpha value is -0.0600. The molecule has 0 bridgehead atoms. The number of hydrogen-bond donors (Lipinski definition) is 1.